The molecule has 3 nitrogen and oxygen atoms in total. The first-order valence-corrected chi connectivity index (χ1v) is 4.02. The molecular formula is C8H16ClNO2. The van der Waals surface area contributed by atoms with E-state index in [2.05, 4.69) is 6.92 Å². The Hall–Kier alpha value is -0.280. The molecule has 0 unspecified atom stereocenters. The Bertz CT molecular complexity index is 168. The van der Waals surface area contributed by atoms with Gasteiger partial charge >= 0.3 is 5.97 Å². The molecule has 1 rings (SSSR count). The summed E-state index contributed by atoms with van der Waals surface area (Å²) in [7, 11) is 0. The second-order valence-electron chi connectivity index (χ2n) is 3.81. The summed E-state index contributed by atoms with van der Waals surface area (Å²) in [6, 6.07) is -0.666. The van der Waals surface area contributed by atoms with Crippen LogP contribution in [0.1, 0.15) is 32.6 Å². The third-order valence-corrected chi connectivity index (χ3v) is 2.59. The van der Waals surface area contributed by atoms with E-state index in [0.29, 0.717) is 6.42 Å². The minimum Gasteiger partial charge on any atom is -0.480 e. The van der Waals surface area contributed by atoms with Gasteiger partial charge in [0.05, 0.1) is 0 Å². The van der Waals surface area contributed by atoms with Gasteiger partial charge in [-0.3, -0.25) is 4.79 Å². The highest BCUT2D eigenvalue weighted by atomic mass is 35.5. The Morgan fingerprint density at radius 2 is 2.17 bits per heavy atom. The number of nitrogens with two attached hydrogens (primary N) is 1. The van der Waals surface area contributed by atoms with E-state index in [0.717, 1.165) is 12.8 Å². The van der Waals surface area contributed by atoms with E-state index < -0.39 is 12.0 Å². The molecular weight excluding hydrogens is 178 g/mol. The highest BCUT2D eigenvalue weighted by molar-refractivity contribution is 5.85. The summed E-state index contributed by atoms with van der Waals surface area (Å²) in [6.45, 7) is 2.11. The molecule has 4 heteroatoms. The highest BCUT2D eigenvalue weighted by Gasteiger charge is 2.34. The van der Waals surface area contributed by atoms with Crippen LogP contribution in [-0.2, 0) is 4.79 Å². The maximum Gasteiger partial charge on any atom is 0.320 e. The van der Waals surface area contributed by atoms with Crippen molar-refractivity contribution in [3.8, 4) is 0 Å². The largest absolute Gasteiger partial charge is 0.480 e. The first kappa shape index (κ1) is 11.7. The first-order chi connectivity index (χ1) is 5.03. The van der Waals surface area contributed by atoms with Crippen LogP contribution in [0.3, 0.4) is 0 Å². The second-order valence-corrected chi connectivity index (χ2v) is 3.81. The molecule has 1 saturated carbocycles. The zero-order valence-corrected chi connectivity index (χ0v) is 8.06. The van der Waals surface area contributed by atoms with Crippen molar-refractivity contribution < 1.29 is 9.90 Å². The van der Waals surface area contributed by atoms with E-state index in [-0.39, 0.29) is 17.8 Å². The standard InChI is InChI=1S/C8H15NO2.ClH/c1-8(3-2-4-8)5-6(9)7(10)11;/h6H,2-5,9H2,1H3,(H,10,11);1H/t6-;/m0./s1. The fourth-order valence-electron chi connectivity index (χ4n) is 1.60. The van der Waals surface area contributed by atoms with Crippen LogP contribution in [0.4, 0.5) is 0 Å². The molecule has 1 fully saturated rings. The number of halogens is 1. The maximum atomic E-state index is 10.4. The van der Waals surface area contributed by atoms with Gasteiger partial charge in [0.2, 0.25) is 0 Å². The molecule has 0 bridgehead atoms. The molecule has 0 aromatic heterocycles. The van der Waals surface area contributed by atoms with Crippen LogP contribution in [-0.4, -0.2) is 17.1 Å². The fraction of sp³-hybridized carbons (Fsp3) is 0.875. The molecule has 0 amide bonds. The third-order valence-electron chi connectivity index (χ3n) is 2.59. The van der Waals surface area contributed by atoms with Crippen LogP contribution < -0.4 is 5.73 Å². The van der Waals surface area contributed by atoms with Crippen LogP contribution in [0.25, 0.3) is 0 Å². The van der Waals surface area contributed by atoms with Gasteiger partial charge in [-0.15, -0.1) is 12.4 Å². The van der Waals surface area contributed by atoms with E-state index in [1.807, 2.05) is 0 Å². The van der Waals surface area contributed by atoms with Crippen LogP contribution >= 0.6 is 12.4 Å². The molecule has 0 spiro atoms. The molecule has 0 aliphatic heterocycles. The number of hydrogen-bond donors (Lipinski definition) is 2. The lowest BCUT2D eigenvalue weighted by molar-refractivity contribution is -0.139. The van der Waals surface area contributed by atoms with Crippen LogP contribution in [0.15, 0.2) is 0 Å². The number of aliphatic carboxylic acids is 1. The van der Waals surface area contributed by atoms with Crippen molar-refractivity contribution in [1.82, 2.24) is 0 Å². The minimum atomic E-state index is -0.877. The number of hydrogen-bond acceptors (Lipinski definition) is 2. The lowest BCUT2D eigenvalue weighted by Crippen LogP contribution is -2.39. The highest BCUT2D eigenvalue weighted by Crippen LogP contribution is 2.43. The third kappa shape index (κ3) is 2.64. The number of carboxylic acids is 1. The first-order valence-electron chi connectivity index (χ1n) is 4.02. The maximum absolute atomic E-state index is 10.4. The molecule has 0 aromatic carbocycles. The zero-order valence-electron chi connectivity index (χ0n) is 7.25. The Labute approximate surface area is 78.7 Å². The number of carboxylic acid groups (broad SMARTS) is 1. The lowest BCUT2D eigenvalue weighted by Gasteiger charge is -2.39. The molecule has 0 radical (unpaired) electrons. The van der Waals surface area contributed by atoms with Crippen molar-refractivity contribution in [2.75, 3.05) is 0 Å². The number of carbonyl (C=O) groups is 1. The van der Waals surface area contributed by atoms with E-state index in [4.69, 9.17) is 10.8 Å². The molecule has 1 aliphatic carbocycles. The molecule has 12 heavy (non-hydrogen) atoms. The van der Waals surface area contributed by atoms with Crippen molar-refractivity contribution in [2.45, 2.75) is 38.6 Å². The fourth-order valence-corrected chi connectivity index (χ4v) is 1.60. The van der Waals surface area contributed by atoms with Crippen molar-refractivity contribution in [2.24, 2.45) is 11.1 Å². The van der Waals surface area contributed by atoms with Gasteiger partial charge in [0.25, 0.3) is 0 Å². The monoisotopic (exact) mass is 193 g/mol. The molecule has 0 heterocycles. The Kier molecular flexibility index (Phi) is 4.00. The molecule has 0 saturated heterocycles. The Balaban J connectivity index is 0.00000121. The van der Waals surface area contributed by atoms with Crippen LogP contribution in [0.5, 0.6) is 0 Å². The Morgan fingerprint density at radius 1 is 1.67 bits per heavy atom. The van der Waals surface area contributed by atoms with E-state index in [9.17, 15) is 4.79 Å². The van der Waals surface area contributed by atoms with E-state index in [1.54, 1.807) is 0 Å². The SMILES string of the molecule is CC1(C[C@H](N)C(=O)O)CCC1.Cl. The summed E-state index contributed by atoms with van der Waals surface area (Å²) in [5.74, 6) is -0.877. The molecule has 3 N–H and O–H groups in total. The van der Waals surface area contributed by atoms with Crippen molar-refractivity contribution >= 4 is 18.4 Å². The normalized spacial score (nSPS) is 21.8. The molecule has 1 aliphatic rings. The van der Waals surface area contributed by atoms with Gasteiger partial charge in [-0.25, -0.2) is 0 Å². The predicted octanol–water partition coefficient (Wildman–Crippen LogP) is 1.40. The number of rotatable bonds is 3. The average molecular weight is 194 g/mol. The van der Waals surface area contributed by atoms with Crippen molar-refractivity contribution in [3.05, 3.63) is 0 Å². The Morgan fingerprint density at radius 3 is 2.42 bits per heavy atom. The second kappa shape index (κ2) is 4.10. The average Bonchev–Trinajstić information content (AvgIpc) is 1.84. The van der Waals surface area contributed by atoms with Crippen molar-refractivity contribution in [1.29, 1.82) is 0 Å². The van der Waals surface area contributed by atoms with Gasteiger partial charge < -0.3 is 10.8 Å². The summed E-state index contributed by atoms with van der Waals surface area (Å²) in [6.07, 6.45) is 4.12. The summed E-state index contributed by atoms with van der Waals surface area (Å²) in [5, 5.41) is 8.54. The van der Waals surface area contributed by atoms with Gasteiger partial charge in [-0.1, -0.05) is 13.3 Å². The summed E-state index contributed by atoms with van der Waals surface area (Å²) in [4.78, 5) is 10.4. The van der Waals surface area contributed by atoms with Gasteiger partial charge in [0, 0.05) is 0 Å². The van der Waals surface area contributed by atoms with Gasteiger partial charge in [0.1, 0.15) is 6.04 Å². The summed E-state index contributed by atoms with van der Waals surface area (Å²) >= 11 is 0. The summed E-state index contributed by atoms with van der Waals surface area (Å²) in [5.41, 5.74) is 5.63. The zero-order chi connectivity index (χ0) is 8.48. The minimum absolute atomic E-state index is 0. The topological polar surface area (TPSA) is 63.3 Å². The summed E-state index contributed by atoms with van der Waals surface area (Å²) < 4.78 is 0. The van der Waals surface area contributed by atoms with Crippen molar-refractivity contribution in [3.63, 3.8) is 0 Å². The van der Waals surface area contributed by atoms with Gasteiger partial charge in [0.15, 0.2) is 0 Å². The van der Waals surface area contributed by atoms with E-state index in [1.165, 1.54) is 6.42 Å². The van der Waals surface area contributed by atoms with Gasteiger partial charge in [-0.2, -0.15) is 0 Å². The van der Waals surface area contributed by atoms with E-state index >= 15 is 0 Å². The predicted molar refractivity (Wildman–Crippen MR) is 49.4 cm³/mol. The van der Waals surface area contributed by atoms with Crippen LogP contribution in [0.2, 0.25) is 0 Å². The smallest absolute Gasteiger partial charge is 0.320 e. The molecule has 72 valence electrons. The molecule has 1 atom stereocenters. The van der Waals surface area contributed by atoms with Crippen LogP contribution in [0, 0.1) is 5.41 Å². The van der Waals surface area contributed by atoms with Gasteiger partial charge in [-0.05, 0) is 24.7 Å². The lowest BCUT2D eigenvalue weighted by atomic mass is 9.67. The molecule has 0 aromatic rings. The quantitative estimate of drug-likeness (QED) is 0.712.